The molecule has 1 aliphatic carbocycles. The Morgan fingerprint density at radius 2 is 1.56 bits per heavy atom. The number of nitrogens with zero attached hydrogens (tertiary/aromatic N) is 1. The molecule has 2 amide bonds. The van der Waals surface area contributed by atoms with E-state index in [0.29, 0.717) is 5.75 Å². The fourth-order valence-corrected chi connectivity index (χ4v) is 5.84. The second kappa shape index (κ2) is 11.7. The molecule has 3 aromatic carbocycles. The summed E-state index contributed by atoms with van der Waals surface area (Å²) in [5, 5.41) is 12.5. The van der Waals surface area contributed by atoms with Gasteiger partial charge in [0.15, 0.2) is 6.04 Å². The van der Waals surface area contributed by atoms with Crippen LogP contribution in [0.15, 0.2) is 72.8 Å². The number of aliphatic carboxylic acids is 1. The van der Waals surface area contributed by atoms with Crippen LogP contribution in [0.25, 0.3) is 11.1 Å². The van der Waals surface area contributed by atoms with E-state index in [2.05, 4.69) is 17.4 Å². The molecule has 0 aromatic heterocycles. The second-order valence-electron chi connectivity index (χ2n) is 12.4. The van der Waals surface area contributed by atoms with Gasteiger partial charge in [0, 0.05) is 12.3 Å². The van der Waals surface area contributed by atoms with Gasteiger partial charge in [-0.05, 0) is 74.6 Å². The highest BCUT2D eigenvalue weighted by molar-refractivity contribution is 5.90. The van der Waals surface area contributed by atoms with Gasteiger partial charge in [-0.1, -0.05) is 60.7 Å². The van der Waals surface area contributed by atoms with E-state index in [-0.39, 0.29) is 31.2 Å². The maximum atomic E-state index is 13.9. The zero-order valence-corrected chi connectivity index (χ0v) is 25.1. The molecule has 1 saturated heterocycles. The summed E-state index contributed by atoms with van der Waals surface area (Å²) in [7, 11) is 0. The van der Waals surface area contributed by atoms with E-state index < -0.39 is 35.8 Å². The molecule has 1 heterocycles. The van der Waals surface area contributed by atoms with E-state index in [1.54, 1.807) is 26.0 Å². The molecule has 0 spiro atoms. The largest absolute Gasteiger partial charge is 0.488 e. The first-order chi connectivity index (χ1) is 20.3. The number of benzene rings is 3. The molecule has 9 nitrogen and oxygen atoms in total. The van der Waals surface area contributed by atoms with Crippen LogP contribution in [0.5, 0.6) is 5.75 Å². The van der Waals surface area contributed by atoms with Gasteiger partial charge in [0.2, 0.25) is 5.91 Å². The molecule has 1 fully saturated rings. The number of hydrogen-bond donors (Lipinski definition) is 2. The van der Waals surface area contributed by atoms with Gasteiger partial charge in [0.25, 0.3) is 0 Å². The molecule has 3 aromatic rings. The van der Waals surface area contributed by atoms with E-state index in [1.807, 2.05) is 69.3 Å². The van der Waals surface area contributed by atoms with E-state index >= 15 is 0 Å². The standard InChI is InChI=1S/C34H38N2O7/c1-33(2,3)43-22-16-14-21(15-17-22)18-28(30(37)36-29(31(38)39)20-42-34(36,4)5)35-32(40)41-19-27-25-12-8-6-10-23(25)24-11-7-9-13-26(24)27/h6-17,27-29H,18-20H2,1-5H3,(H,35,40)(H,38,39). The molecule has 2 aliphatic rings. The molecular formula is C34H38N2O7. The van der Waals surface area contributed by atoms with Crippen molar-refractivity contribution in [2.24, 2.45) is 0 Å². The number of rotatable bonds is 8. The number of fused-ring (bicyclic) bond motifs is 3. The van der Waals surface area contributed by atoms with Crippen molar-refractivity contribution in [1.29, 1.82) is 0 Å². The third-order valence-corrected chi connectivity index (χ3v) is 7.73. The molecule has 5 rings (SSSR count). The van der Waals surface area contributed by atoms with Crippen molar-refractivity contribution in [1.82, 2.24) is 10.2 Å². The molecule has 2 unspecified atom stereocenters. The minimum atomic E-state index is -1.18. The average molecular weight is 587 g/mol. The maximum absolute atomic E-state index is 13.9. The quantitative estimate of drug-likeness (QED) is 0.365. The Bertz CT molecular complexity index is 1460. The van der Waals surface area contributed by atoms with Crippen molar-refractivity contribution in [2.45, 2.75) is 70.4 Å². The lowest BCUT2D eigenvalue weighted by molar-refractivity contribution is -0.156. The van der Waals surface area contributed by atoms with Gasteiger partial charge in [-0.15, -0.1) is 0 Å². The lowest BCUT2D eigenvalue weighted by Crippen LogP contribution is -2.58. The fraction of sp³-hybridized carbons (Fsp3) is 0.382. The Balaban J connectivity index is 1.35. The van der Waals surface area contributed by atoms with Crippen molar-refractivity contribution < 1.29 is 33.7 Å². The molecule has 9 heteroatoms. The van der Waals surface area contributed by atoms with Crippen molar-refractivity contribution in [2.75, 3.05) is 13.2 Å². The summed E-state index contributed by atoms with van der Waals surface area (Å²) in [4.78, 5) is 40.4. The summed E-state index contributed by atoms with van der Waals surface area (Å²) in [6, 6.07) is 21.0. The fourth-order valence-electron chi connectivity index (χ4n) is 5.84. The highest BCUT2D eigenvalue weighted by Gasteiger charge is 2.49. The van der Waals surface area contributed by atoms with Crippen molar-refractivity contribution in [3.8, 4) is 16.9 Å². The summed E-state index contributed by atoms with van der Waals surface area (Å²) in [6.07, 6.45) is -0.657. The maximum Gasteiger partial charge on any atom is 0.407 e. The van der Waals surface area contributed by atoms with E-state index in [0.717, 1.165) is 27.8 Å². The number of alkyl carbamates (subject to hydrolysis) is 1. The highest BCUT2D eigenvalue weighted by Crippen LogP contribution is 2.44. The molecule has 226 valence electrons. The third-order valence-electron chi connectivity index (χ3n) is 7.73. The van der Waals surface area contributed by atoms with Crippen LogP contribution in [0.1, 0.15) is 57.2 Å². The monoisotopic (exact) mass is 586 g/mol. The number of hydrogen-bond acceptors (Lipinski definition) is 6. The highest BCUT2D eigenvalue weighted by atomic mass is 16.6. The van der Waals surface area contributed by atoms with E-state index in [4.69, 9.17) is 14.2 Å². The summed E-state index contributed by atoms with van der Waals surface area (Å²) in [6.45, 7) is 9.06. The Morgan fingerprint density at radius 1 is 0.977 bits per heavy atom. The first kappa shape index (κ1) is 30.1. The average Bonchev–Trinajstić information content (AvgIpc) is 3.45. The van der Waals surface area contributed by atoms with Crippen molar-refractivity contribution >= 4 is 18.0 Å². The minimum Gasteiger partial charge on any atom is -0.488 e. The van der Waals surface area contributed by atoms with Crippen LogP contribution in [0, 0.1) is 0 Å². The molecule has 2 atom stereocenters. The number of carboxylic acid groups (broad SMARTS) is 1. The van der Waals surface area contributed by atoms with Crippen LogP contribution >= 0.6 is 0 Å². The van der Waals surface area contributed by atoms with Gasteiger partial charge in [0.1, 0.15) is 29.7 Å². The molecule has 0 bridgehead atoms. The number of carbonyl (C=O) groups is 3. The van der Waals surface area contributed by atoms with Crippen molar-refractivity contribution in [3.05, 3.63) is 89.5 Å². The van der Waals surface area contributed by atoms with Crippen molar-refractivity contribution in [3.63, 3.8) is 0 Å². The zero-order valence-electron chi connectivity index (χ0n) is 25.1. The summed E-state index contributed by atoms with van der Waals surface area (Å²) < 4.78 is 17.3. The van der Waals surface area contributed by atoms with Gasteiger partial charge in [-0.3, -0.25) is 9.69 Å². The van der Waals surface area contributed by atoms with Crippen LogP contribution in [0.3, 0.4) is 0 Å². The smallest absolute Gasteiger partial charge is 0.407 e. The van der Waals surface area contributed by atoms with Crippen LogP contribution in [0.4, 0.5) is 4.79 Å². The van der Waals surface area contributed by atoms with Gasteiger partial charge in [-0.25, -0.2) is 9.59 Å². The number of carbonyl (C=O) groups excluding carboxylic acids is 2. The van der Waals surface area contributed by atoms with Crippen LogP contribution in [0.2, 0.25) is 0 Å². The second-order valence-corrected chi connectivity index (χ2v) is 12.4. The normalized spacial score (nSPS) is 18.0. The van der Waals surface area contributed by atoms with Crippen LogP contribution in [-0.4, -0.2) is 64.6 Å². The van der Waals surface area contributed by atoms with Gasteiger partial charge < -0.3 is 24.6 Å². The lowest BCUT2D eigenvalue weighted by atomic mass is 9.98. The molecule has 2 N–H and O–H groups in total. The Hall–Kier alpha value is -4.37. The first-order valence-corrected chi connectivity index (χ1v) is 14.4. The number of ether oxygens (including phenoxy) is 3. The van der Waals surface area contributed by atoms with Crippen LogP contribution in [-0.2, 0) is 25.5 Å². The van der Waals surface area contributed by atoms with Gasteiger partial charge >= 0.3 is 12.1 Å². The molecular weight excluding hydrogens is 548 g/mol. The summed E-state index contributed by atoms with van der Waals surface area (Å²) in [5.41, 5.74) is 3.56. The number of amides is 2. The molecule has 1 aliphatic heterocycles. The zero-order chi connectivity index (χ0) is 30.9. The van der Waals surface area contributed by atoms with Gasteiger partial charge in [-0.2, -0.15) is 0 Å². The third kappa shape index (κ3) is 6.51. The predicted octanol–water partition coefficient (Wildman–Crippen LogP) is 5.36. The predicted molar refractivity (Wildman–Crippen MR) is 161 cm³/mol. The molecule has 0 saturated carbocycles. The van der Waals surface area contributed by atoms with Crippen LogP contribution < -0.4 is 10.1 Å². The molecule has 43 heavy (non-hydrogen) atoms. The summed E-state index contributed by atoms with van der Waals surface area (Å²) in [5.74, 6) is -1.23. The molecule has 0 radical (unpaired) electrons. The van der Waals surface area contributed by atoms with E-state index in [1.165, 1.54) is 4.90 Å². The summed E-state index contributed by atoms with van der Waals surface area (Å²) >= 11 is 0. The Morgan fingerprint density at radius 3 is 2.12 bits per heavy atom. The Kier molecular flexibility index (Phi) is 8.21. The Labute approximate surface area is 251 Å². The number of nitrogens with one attached hydrogen (secondary N) is 1. The number of carboxylic acids is 1. The topological polar surface area (TPSA) is 114 Å². The van der Waals surface area contributed by atoms with E-state index in [9.17, 15) is 19.5 Å². The van der Waals surface area contributed by atoms with Gasteiger partial charge in [0.05, 0.1) is 6.61 Å². The minimum absolute atomic E-state index is 0.0790. The lowest BCUT2D eigenvalue weighted by Gasteiger charge is -2.35. The first-order valence-electron chi connectivity index (χ1n) is 14.4. The SMILES string of the molecule is CC(C)(C)Oc1ccc(CC(NC(=O)OCC2c3ccccc3-c3ccccc32)C(=O)N2C(C(=O)O)COC2(C)C)cc1.